The molecule has 0 unspecified atom stereocenters. The molecule has 0 radical (unpaired) electrons. The summed E-state index contributed by atoms with van der Waals surface area (Å²) in [7, 11) is 0. The molecule has 0 atom stereocenters. The maximum absolute atomic E-state index is 10.9. The van der Waals surface area contributed by atoms with Gasteiger partial charge in [-0.3, -0.25) is 0 Å². The quantitative estimate of drug-likeness (QED) is 0.878. The first-order valence-corrected chi connectivity index (χ1v) is 5.71. The first kappa shape index (κ1) is 13.0. The van der Waals surface area contributed by atoms with E-state index in [1.54, 1.807) is 6.07 Å². The van der Waals surface area contributed by atoms with Gasteiger partial charge in [0.05, 0.1) is 0 Å². The third kappa shape index (κ3) is 3.06. The molecule has 0 amide bonds. The van der Waals surface area contributed by atoms with Crippen LogP contribution in [0.5, 0.6) is 5.75 Å². The molecule has 0 fully saturated rings. The van der Waals surface area contributed by atoms with Gasteiger partial charge in [-0.15, -0.1) is 0 Å². The number of hydrogen-bond donors (Lipinski definition) is 1. The molecular weight excluding hydrogens is 250 g/mol. The standard InChI is InChI=1S/C12H13N3O4/c1-7(2)11-14-9(19-15-11)6-18-8-4-3-5-13-10(8)12(16)17/h3-5,7H,6H2,1-2H3,(H,16,17). The van der Waals surface area contributed by atoms with E-state index in [4.69, 9.17) is 14.4 Å². The van der Waals surface area contributed by atoms with E-state index >= 15 is 0 Å². The summed E-state index contributed by atoms with van der Waals surface area (Å²) in [6.07, 6.45) is 1.39. The van der Waals surface area contributed by atoms with Crippen molar-refractivity contribution in [3.05, 3.63) is 35.7 Å². The number of carboxylic acid groups (broad SMARTS) is 1. The van der Waals surface area contributed by atoms with Crippen LogP contribution in [0.4, 0.5) is 0 Å². The second-order valence-corrected chi connectivity index (χ2v) is 4.14. The first-order valence-electron chi connectivity index (χ1n) is 5.71. The van der Waals surface area contributed by atoms with Crippen molar-refractivity contribution in [3.8, 4) is 5.75 Å². The number of aromatic carboxylic acids is 1. The molecule has 7 heteroatoms. The Hall–Kier alpha value is -2.44. The molecule has 0 saturated heterocycles. The van der Waals surface area contributed by atoms with Crippen molar-refractivity contribution in [3.63, 3.8) is 0 Å². The second kappa shape index (κ2) is 5.47. The summed E-state index contributed by atoms with van der Waals surface area (Å²) in [5, 5.41) is 12.7. The summed E-state index contributed by atoms with van der Waals surface area (Å²) in [5.41, 5.74) is -0.147. The molecule has 0 bridgehead atoms. The minimum Gasteiger partial charge on any atom is -0.481 e. The van der Waals surface area contributed by atoms with E-state index in [1.807, 2.05) is 13.8 Å². The highest BCUT2D eigenvalue weighted by Gasteiger charge is 2.14. The summed E-state index contributed by atoms with van der Waals surface area (Å²) in [4.78, 5) is 18.8. The van der Waals surface area contributed by atoms with Gasteiger partial charge in [0.1, 0.15) is 0 Å². The van der Waals surface area contributed by atoms with E-state index < -0.39 is 5.97 Å². The number of aromatic nitrogens is 3. The van der Waals surface area contributed by atoms with E-state index in [2.05, 4.69) is 15.1 Å². The maximum atomic E-state index is 10.9. The molecule has 0 aliphatic rings. The highest BCUT2D eigenvalue weighted by Crippen LogP contribution is 2.17. The number of rotatable bonds is 5. The number of ether oxygens (including phenoxy) is 1. The lowest BCUT2D eigenvalue weighted by Crippen LogP contribution is -2.05. The lowest BCUT2D eigenvalue weighted by atomic mass is 10.2. The van der Waals surface area contributed by atoms with E-state index in [0.717, 1.165) is 0 Å². The van der Waals surface area contributed by atoms with Gasteiger partial charge in [-0.05, 0) is 12.1 Å². The average Bonchev–Trinajstić information content (AvgIpc) is 2.85. The number of hydrogen-bond acceptors (Lipinski definition) is 6. The monoisotopic (exact) mass is 263 g/mol. The van der Waals surface area contributed by atoms with Crippen LogP contribution >= 0.6 is 0 Å². The lowest BCUT2D eigenvalue weighted by Gasteiger charge is -2.05. The third-order valence-electron chi connectivity index (χ3n) is 2.32. The van der Waals surface area contributed by atoms with Crippen LogP contribution in [0.15, 0.2) is 22.9 Å². The molecule has 100 valence electrons. The number of nitrogens with zero attached hydrogens (tertiary/aromatic N) is 3. The first-order chi connectivity index (χ1) is 9.08. The molecule has 0 aliphatic carbocycles. The Bertz CT molecular complexity index is 580. The minimum atomic E-state index is -1.15. The Morgan fingerprint density at radius 1 is 1.53 bits per heavy atom. The van der Waals surface area contributed by atoms with Crippen LogP contribution in [-0.4, -0.2) is 26.2 Å². The predicted molar refractivity (Wildman–Crippen MR) is 63.9 cm³/mol. The molecule has 0 saturated carbocycles. The maximum Gasteiger partial charge on any atom is 0.358 e. The zero-order valence-electron chi connectivity index (χ0n) is 10.5. The highest BCUT2D eigenvalue weighted by molar-refractivity contribution is 5.88. The van der Waals surface area contributed by atoms with Crippen molar-refractivity contribution >= 4 is 5.97 Å². The molecule has 19 heavy (non-hydrogen) atoms. The van der Waals surface area contributed by atoms with Gasteiger partial charge in [0.2, 0.25) is 0 Å². The minimum absolute atomic E-state index is 0.00565. The Morgan fingerprint density at radius 2 is 2.32 bits per heavy atom. The van der Waals surface area contributed by atoms with Crippen molar-refractivity contribution in [2.75, 3.05) is 0 Å². The van der Waals surface area contributed by atoms with E-state index in [-0.39, 0.29) is 24.0 Å². The molecule has 0 aliphatic heterocycles. The number of carboxylic acids is 1. The van der Waals surface area contributed by atoms with Gasteiger partial charge < -0.3 is 14.4 Å². The van der Waals surface area contributed by atoms with Gasteiger partial charge in [-0.25, -0.2) is 9.78 Å². The van der Waals surface area contributed by atoms with E-state index in [0.29, 0.717) is 11.7 Å². The van der Waals surface area contributed by atoms with Crippen LogP contribution < -0.4 is 4.74 Å². The Balaban J connectivity index is 2.08. The van der Waals surface area contributed by atoms with Crippen molar-refractivity contribution in [1.29, 1.82) is 0 Å². The molecule has 2 rings (SSSR count). The van der Waals surface area contributed by atoms with Crippen LogP contribution in [0.2, 0.25) is 0 Å². The van der Waals surface area contributed by atoms with Crippen LogP contribution in [0.3, 0.4) is 0 Å². The van der Waals surface area contributed by atoms with Crippen LogP contribution in [-0.2, 0) is 6.61 Å². The zero-order valence-corrected chi connectivity index (χ0v) is 10.5. The van der Waals surface area contributed by atoms with Gasteiger partial charge in [-0.1, -0.05) is 19.0 Å². The fourth-order valence-electron chi connectivity index (χ4n) is 1.37. The fourth-order valence-corrected chi connectivity index (χ4v) is 1.37. The topological polar surface area (TPSA) is 98.3 Å². The van der Waals surface area contributed by atoms with Gasteiger partial charge in [-0.2, -0.15) is 4.98 Å². The largest absolute Gasteiger partial charge is 0.481 e. The average molecular weight is 263 g/mol. The lowest BCUT2D eigenvalue weighted by molar-refractivity contribution is 0.0684. The number of pyridine rings is 1. The Labute approximate surface area is 109 Å². The van der Waals surface area contributed by atoms with Crippen molar-refractivity contribution < 1.29 is 19.2 Å². The van der Waals surface area contributed by atoms with Gasteiger partial charge in [0.15, 0.2) is 23.9 Å². The summed E-state index contributed by atoms with van der Waals surface area (Å²) >= 11 is 0. The molecule has 1 N–H and O–H groups in total. The Kier molecular flexibility index (Phi) is 3.74. The summed E-state index contributed by atoms with van der Waals surface area (Å²) < 4.78 is 10.3. The summed E-state index contributed by atoms with van der Waals surface area (Å²) in [5.74, 6) is 0.0564. The highest BCUT2D eigenvalue weighted by atomic mass is 16.5. The smallest absolute Gasteiger partial charge is 0.358 e. The summed E-state index contributed by atoms with van der Waals surface area (Å²) in [6, 6.07) is 3.12. The van der Waals surface area contributed by atoms with Gasteiger partial charge in [0.25, 0.3) is 5.89 Å². The third-order valence-corrected chi connectivity index (χ3v) is 2.32. The normalized spacial score (nSPS) is 10.7. The molecule has 2 aromatic rings. The van der Waals surface area contributed by atoms with Crippen molar-refractivity contribution in [1.82, 2.24) is 15.1 Å². The van der Waals surface area contributed by atoms with E-state index in [9.17, 15) is 4.79 Å². The second-order valence-electron chi connectivity index (χ2n) is 4.14. The molecule has 2 heterocycles. The Morgan fingerprint density at radius 3 is 2.95 bits per heavy atom. The molecular formula is C12H13N3O4. The molecule has 7 nitrogen and oxygen atoms in total. The van der Waals surface area contributed by atoms with Crippen LogP contribution in [0.25, 0.3) is 0 Å². The SMILES string of the molecule is CC(C)c1noc(COc2cccnc2C(=O)O)n1. The zero-order chi connectivity index (χ0) is 13.8. The van der Waals surface area contributed by atoms with Crippen LogP contribution in [0.1, 0.15) is 42.0 Å². The van der Waals surface area contributed by atoms with Crippen molar-refractivity contribution in [2.24, 2.45) is 0 Å². The van der Waals surface area contributed by atoms with Gasteiger partial charge >= 0.3 is 5.97 Å². The van der Waals surface area contributed by atoms with Gasteiger partial charge in [0, 0.05) is 12.1 Å². The fraction of sp³-hybridized carbons (Fsp3) is 0.333. The summed E-state index contributed by atoms with van der Waals surface area (Å²) in [6.45, 7) is 3.89. The van der Waals surface area contributed by atoms with E-state index in [1.165, 1.54) is 12.3 Å². The number of carbonyl (C=O) groups is 1. The molecule has 2 aromatic heterocycles. The molecule has 0 spiro atoms. The van der Waals surface area contributed by atoms with Crippen LogP contribution in [0, 0.1) is 0 Å². The predicted octanol–water partition coefficient (Wildman–Crippen LogP) is 1.87. The van der Waals surface area contributed by atoms with Crippen molar-refractivity contribution in [2.45, 2.75) is 26.4 Å². The molecule has 0 aromatic carbocycles.